The Morgan fingerprint density at radius 2 is 1.54 bits per heavy atom. The standard InChI is InChI=1S/C30H23N3O3S/c1-20-8-17-26-27(18-20)37-30(32-26)33(31-19-21-9-15-25(36-2)16-10-21)29(35)24-13-11-23(12-14-24)28(34)22-6-4-3-5-7-22/h3-19H,1-2H3/b31-19+. The number of amides is 1. The molecule has 0 atom stereocenters. The van der Waals surface area contributed by atoms with Crippen molar-refractivity contribution >= 4 is 44.6 Å². The van der Waals surface area contributed by atoms with E-state index in [1.807, 2.05) is 67.6 Å². The molecular weight excluding hydrogens is 482 g/mol. The van der Waals surface area contributed by atoms with Crippen molar-refractivity contribution in [1.29, 1.82) is 0 Å². The van der Waals surface area contributed by atoms with E-state index in [0.29, 0.717) is 21.8 Å². The Kier molecular flexibility index (Phi) is 6.87. The van der Waals surface area contributed by atoms with Crippen LogP contribution in [0.3, 0.4) is 0 Å². The number of ketones is 1. The lowest BCUT2D eigenvalue weighted by molar-refractivity contribution is 0.0985. The molecule has 1 aromatic heterocycles. The van der Waals surface area contributed by atoms with Gasteiger partial charge in [-0.1, -0.05) is 59.9 Å². The van der Waals surface area contributed by atoms with Gasteiger partial charge in [-0.15, -0.1) is 0 Å². The summed E-state index contributed by atoms with van der Waals surface area (Å²) in [6.07, 6.45) is 1.61. The smallest absolute Gasteiger partial charge is 0.280 e. The first kappa shape index (κ1) is 24.1. The summed E-state index contributed by atoms with van der Waals surface area (Å²) in [5.74, 6) is 0.284. The number of aromatic nitrogens is 1. The number of hydrazone groups is 1. The molecule has 1 amide bonds. The second kappa shape index (κ2) is 10.6. The maximum atomic E-state index is 13.6. The molecule has 0 fully saturated rings. The predicted octanol–water partition coefficient (Wildman–Crippen LogP) is 6.53. The highest BCUT2D eigenvalue weighted by Crippen LogP contribution is 2.31. The number of hydrogen-bond donors (Lipinski definition) is 0. The second-order valence-electron chi connectivity index (χ2n) is 8.37. The zero-order valence-electron chi connectivity index (χ0n) is 20.3. The Morgan fingerprint density at radius 1 is 0.865 bits per heavy atom. The van der Waals surface area contributed by atoms with Gasteiger partial charge in [0.2, 0.25) is 5.13 Å². The number of carbonyl (C=O) groups is 2. The number of fused-ring (bicyclic) bond motifs is 1. The number of methoxy groups -OCH3 is 1. The van der Waals surface area contributed by atoms with Gasteiger partial charge in [0.05, 0.1) is 23.5 Å². The molecule has 0 unspecified atom stereocenters. The molecular formula is C30H23N3O3S. The number of aryl methyl sites for hydroxylation is 1. The lowest BCUT2D eigenvalue weighted by Gasteiger charge is -2.14. The Labute approximate surface area is 218 Å². The van der Waals surface area contributed by atoms with E-state index < -0.39 is 0 Å². The van der Waals surface area contributed by atoms with Gasteiger partial charge in [0, 0.05) is 16.7 Å². The molecule has 4 aromatic carbocycles. The van der Waals surface area contributed by atoms with E-state index in [9.17, 15) is 9.59 Å². The van der Waals surface area contributed by atoms with E-state index in [1.54, 1.807) is 49.7 Å². The van der Waals surface area contributed by atoms with Crippen LogP contribution in [0.25, 0.3) is 10.2 Å². The van der Waals surface area contributed by atoms with Crippen LogP contribution >= 0.6 is 11.3 Å². The summed E-state index contributed by atoms with van der Waals surface area (Å²) in [5, 5.41) is 6.28. The van der Waals surface area contributed by atoms with Gasteiger partial charge >= 0.3 is 0 Å². The number of anilines is 1. The van der Waals surface area contributed by atoms with Gasteiger partial charge in [-0.05, 0) is 66.6 Å². The highest BCUT2D eigenvalue weighted by molar-refractivity contribution is 7.22. The van der Waals surface area contributed by atoms with Crippen molar-refractivity contribution in [2.45, 2.75) is 6.92 Å². The van der Waals surface area contributed by atoms with Crippen molar-refractivity contribution in [1.82, 2.24) is 4.98 Å². The third kappa shape index (κ3) is 5.32. The predicted molar refractivity (Wildman–Crippen MR) is 148 cm³/mol. The van der Waals surface area contributed by atoms with Crippen molar-refractivity contribution in [3.8, 4) is 5.75 Å². The van der Waals surface area contributed by atoms with E-state index in [0.717, 1.165) is 27.1 Å². The first-order valence-electron chi connectivity index (χ1n) is 11.6. The first-order chi connectivity index (χ1) is 18.0. The summed E-state index contributed by atoms with van der Waals surface area (Å²) in [7, 11) is 1.61. The van der Waals surface area contributed by atoms with Crippen LogP contribution < -0.4 is 9.75 Å². The number of ether oxygens (including phenoxy) is 1. The minimum atomic E-state index is -0.348. The fourth-order valence-corrected chi connectivity index (χ4v) is 4.78. The van der Waals surface area contributed by atoms with Crippen molar-refractivity contribution < 1.29 is 14.3 Å². The third-order valence-corrected chi connectivity index (χ3v) is 6.77. The molecule has 0 aliphatic heterocycles. The van der Waals surface area contributed by atoms with Gasteiger partial charge in [0.25, 0.3) is 5.91 Å². The fourth-order valence-electron chi connectivity index (χ4n) is 3.76. The van der Waals surface area contributed by atoms with Crippen LogP contribution in [0.4, 0.5) is 5.13 Å². The quantitative estimate of drug-likeness (QED) is 0.143. The van der Waals surface area contributed by atoms with Crippen molar-refractivity contribution in [2.75, 3.05) is 12.1 Å². The third-order valence-electron chi connectivity index (χ3n) is 5.77. The molecule has 0 aliphatic carbocycles. The lowest BCUT2D eigenvalue weighted by atomic mass is 10.0. The molecule has 0 radical (unpaired) electrons. The molecule has 37 heavy (non-hydrogen) atoms. The van der Waals surface area contributed by atoms with Gasteiger partial charge in [-0.25, -0.2) is 4.98 Å². The van der Waals surface area contributed by atoms with Crippen LogP contribution in [0.2, 0.25) is 0 Å². The fraction of sp³-hybridized carbons (Fsp3) is 0.0667. The molecule has 6 nitrogen and oxygen atoms in total. The number of hydrogen-bond acceptors (Lipinski definition) is 6. The maximum Gasteiger partial charge on any atom is 0.280 e. The van der Waals surface area contributed by atoms with Crippen molar-refractivity contribution in [2.24, 2.45) is 5.10 Å². The Bertz CT molecular complexity index is 1590. The summed E-state index contributed by atoms with van der Waals surface area (Å²) in [6.45, 7) is 2.02. The van der Waals surface area contributed by atoms with Gasteiger partial charge < -0.3 is 4.74 Å². The Hall–Kier alpha value is -4.62. The number of rotatable bonds is 7. The number of thiazole rings is 1. The number of benzene rings is 4. The highest BCUT2D eigenvalue weighted by atomic mass is 32.1. The molecule has 5 aromatic rings. The van der Waals surface area contributed by atoms with Gasteiger partial charge in [0.1, 0.15) is 5.75 Å². The summed E-state index contributed by atoms with van der Waals surface area (Å²) >= 11 is 1.40. The van der Waals surface area contributed by atoms with Crippen LogP contribution in [0, 0.1) is 6.92 Å². The molecule has 0 aliphatic rings. The van der Waals surface area contributed by atoms with Crippen LogP contribution in [0.1, 0.15) is 37.4 Å². The first-order valence-corrected chi connectivity index (χ1v) is 12.4. The normalized spacial score (nSPS) is 11.1. The zero-order valence-corrected chi connectivity index (χ0v) is 21.1. The topological polar surface area (TPSA) is 71.9 Å². The molecule has 0 N–H and O–H groups in total. The lowest BCUT2D eigenvalue weighted by Crippen LogP contribution is -2.25. The van der Waals surface area contributed by atoms with E-state index >= 15 is 0 Å². The SMILES string of the molecule is COc1ccc(/C=N/N(C(=O)c2ccc(C(=O)c3ccccc3)cc2)c2nc3ccc(C)cc3s2)cc1. The number of nitrogens with zero attached hydrogens (tertiary/aromatic N) is 3. The van der Waals surface area contributed by atoms with E-state index in [2.05, 4.69) is 10.1 Å². The molecule has 0 bridgehead atoms. The summed E-state index contributed by atoms with van der Waals surface area (Å²) in [5.41, 5.74) is 4.21. The minimum Gasteiger partial charge on any atom is -0.497 e. The summed E-state index contributed by atoms with van der Waals surface area (Å²) in [6, 6.07) is 29.0. The van der Waals surface area contributed by atoms with E-state index in [4.69, 9.17) is 4.74 Å². The number of carbonyl (C=O) groups excluding carboxylic acids is 2. The van der Waals surface area contributed by atoms with Crippen molar-refractivity contribution in [3.05, 3.63) is 125 Å². The minimum absolute atomic E-state index is 0.101. The largest absolute Gasteiger partial charge is 0.497 e. The molecule has 1 heterocycles. The molecule has 0 saturated heterocycles. The monoisotopic (exact) mass is 505 g/mol. The summed E-state index contributed by atoms with van der Waals surface area (Å²) in [4.78, 5) is 31.1. The average Bonchev–Trinajstić information content (AvgIpc) is 3.36. The van der Waals surface area contributed by atoms with Crippen LogP contribution in [-0.4, -0.2) is 30.0 Å². The van der Waals surface area contributed by atoms with Crippen LogP contribution in [0.5, 0.6) is 5.75 Å². The molecule has 7 heteroatoms. The highest BCUT2D eigenvalue weighted by Gasteiger charge is 2.22. The van der Waals surface area contributed by atoms with E-state index in [-0.39, 0.29) is 11.7 Å². The zero-order chi connectivity index (χ0) is 25.8. The molecule has 5 rings (SSSR count). The van der Waals surface area contributed by atoms with Crippen LogP contribution in [-0.2, 0) is 0 Å². The summed E-state index contributed by atoms with van der Waals surface area (Å²) < 4.78 is 6.19. The average molecular weight is 506 g/mol. The maximum absolute atomic E-state index is 13.6. The van der Waals surface area contributed by atoms with E-state index in [1.165, 1.54) is 16.3 Å². The Morgan fingerprint density at radius 3 is 2.24 bits per heavy atom. The van der Waals surface area contributed by atoms with Crippen molar-refractivity contribution in [3.63, 3.8) is 0 Å². The Balaban J connectivity index is 1.47. The molecule has 182 valence electrons. The van der Waals surface area contributed by atoms with Crippen LogP contribution in [0.15, 0.2) is 102 Å². The molecule has 0 spiro atoms. The molecule has 0 saturated carbocycles. The van der Waals surface area contributed by atoms with Gasteiger partial charge in [-0.2, -0.15) is 10.1 Å². The van der Waals surface area contributed by atoms with Gasteiger partial charge in [-0.3, -0.25) is 9.59 Å². The second-order valence-corrected chi connectivity index (χ2v) is 9.38. The van der Waals surface area contributed by atoms with Gasteiger partial charge in [0.15, 0.2) is 5.78 Å².